The van der Waals surface area contributed by atoms with Crippen LogP contribution in [0.5, 0.6) is 0 Å². The number of aliphatic carboxylic acids is 1. The molecule has 1 unspecified atom stereocenters. The molecule has 0 rings (SSSR count). The van der Waals surface area contributed by atoms with Gasteiger partial charge in [-0.3, -0.25) is 9.59 Å². The summed E-state index contributed by atoms with van der Waals surface area (Å²) in [6, 6.07) is -0.227. The number of amides is 1. The van der Waals surface area contributed by atoms with Crippen molar-refractivity contribution in [3.8, 4) is 0 Å². The molecule has 1 atom stereocenters. The Kier molecular flexibility index (Phi) is 10.4. The highest BCUT2D eigenvalue weighted by atomic mass is 16.4. The highest BCUT2D eigenvalue weighted by Crippen LogP contribution is 2.07. The van der Waals surface area contributed by atoms with Crippen LogP contribution >= 0.6 is 0 Å². The molecule has 0 aliphatic rings. The third kappa shape index (κ3) is 10.1. The second-order valence-corrected chi connectivity index (χ2v) is 4.79. The smallest absolute Gasteiger partial charge is 0.305 e. The summed E-state index contributed by atoms with van der Waals surface area (Å²) in [6.07, 6.45) is 8.11. The molecule has 0 bridgehead atoms. The summed E-state index contributed by atoms with van der Waals surface area (Å²) in [4.78, 5) is 22.1. The van der Waals surface area contributed by atoms with Crippen molar-refractivity contribution in [1.29, 1.82) is 0 Å². The van der Waals surface area contributed by atoms with Crippen LogP contribution in [0.15, 0.2) is 0 Å². The number of unbranched alkanes of at least 4 members (excludes halogenated alkanes) is 5. The first kappa shape index (κ1) is 16.9. The zero-order valence-corrected chi connectivity index (χ0v) is 11.7. The summed E-state index contributed by atoms with van der Waals surface area (Å²) in [7, 11) is 0. The first-order valence-corrected chi connectivity index (χ1v) is 7.11. The lowest BCUT2D eigenvalue weighted by molar-refractivity contribution is -0.137. The van der Waals surface area contributed by atoms with Crippen LogP contribution in [0.25, 0.3) is 0 Å². The lowest BCUT2D eigenvalue weighted by Crippen LogP contribution is -2.35. The van der Waals surface area contributed by atoms with Crippen molar-refractivity contribution in [2.45, 2.75) is 77.7 Å². The van der Waals surface area contributed by atoms with Gasteiger partial charge in [-0.15, -0.1) is 0 Å². The van der Waals surface area contributed by atoms with Gasteiger partial charge >= 0.3 is 5.97 Å². The first-order chi connectivity index (χ1) is 8.60. The molecule has 18 heavy (non-hydrogen) atoms. The maximum atomic E-state index is 11.6. The van der Waals surface area contributed by atoms with E-state index in [0.29, 0.717) is 12.8 Å². The fourth-order valence-electron chi connectivity index (χ4n) is 1.87. The number of carboxylic acid groups (broad SMARTS) is 1. The Labute approximate surface area is 110 Å². The van der Waals surface area contributed by atoms with Crippen molar-refractivity contribution < 1.29 is 14.7 Å². The molecule has 0 aliphatic heterocycles. The van der Waals surface area contributed by atoms with E-state index in [1.807, 2.05) is 6.92 Å². The maximum absolute atomic E-state index is 11.6. The first-order valence-electron chi connectivity index (χ1n) is 7.11. The van der Waals surface area contributed by atoms with Crippen LogP contribution in [-0.2, 0) is 9.59 Å². The molecule has 0 spiro atoms. The van der Waals surface area contributed by atoms with E-state index in [2.05, 4.69) is 12.2 Å². The van der Waals surface area contributed by atoms with Gasteiger partial charge in [0.05, 0.1) is 6.42 Å². The van der Waals surface area contributed by atoms with Crippen molar-refractivity contribution in [3.63, 3.8) is 0 Å². The van der Waals surface area contributed by atoms with Gasteiger partial charge in [0.15, 0.2) is 0 Å². The van der Waals surface area contributed by atoms with E-state index < -0.39 is 5.97 Å². The summed E-state index contributed by atoms with van der Waals surface area (Å²) in [5.74, 6) is -0.875. The molecule has 4 nitrogen and oxygen atoms in total. The van der Waals surface area contributed by atoms with E-state index in [0.717, 1.165) is 12.8 Å². The van der Waals surface area contributed by atoms with Crippen LogP contribution in [-0.4, -0.2) is 23.0 Å². The van der Waals surface area contributed by atoms with Crippen molar-refractivity contribution in [2.24, 2.45) is 0 Å². The van der Waals surface area contributed by atoms with Gasteiger partial charge in [-0.05, 0) is 12.8 Å². The molecule has 0 saturated carbocycles. The minimum absolute atomic E-state index is 0.0126. The molecule has 1 amide bonds. The Balaban J connectivity index is 3.59. The van der Waals surface area contributed by atoms with E-state index in [4.69, 9.17) is 5.11 Å². The molecular weight excluding hydrogens is 230 g/mol. The minimum Gasteiger partial charge on any atom is -0.481 e. The van der Waals surface area contributed by atoms with E-state index in [1.54, 1.807) is 0 Å². The molecule has 0 fully saturated rings. The minimum atomic E-state index is -0.860. The SMILES string of the molecule is CCCCCCCCC(=O)NC(CC)CC(=O)O. The van der Waals surface area contributed by atoms with E-state index in [-0.39, 0.29) is 18.4 Å². The summed E-state index contributed by atoms with van der Waals surface area (Å²) >= 11 is 0. The molecule has 0 aromatic carbocycles. The molecule has 2 N–H and O–H groups in total. The van der Waals surface area contributed by atoms with E-state index in [9.17, 15) is 9.59 Å². The summed E-state index contributed by atoms with van der Waals surface area (Å²) < 4.78 is 0. The van der Waals surface area contributed by atoms with Gasteiger partial charge in [-0.2, -0.15) is 0 Å². The van der Waals surface area contributed by atoms with E-state index >= 15 is 0 Å². The summed E-state index contributed by atoms with van der Waals surface area (Å²) in [5, 5.41) is 11.5. The Hall–Kier alpha value is -1.06. The fourth-order valence-corrected chi connectivity index (χ4v) is 1.87. The van der Waals surface area contributed by atoms with E-state index in [1.165, 1.54) is 25.7 Å². The lowest BCUT2D eigenvalue weighted by Gasteiger charge is -2.14. The number of carboxylic acids is 1. The maximum Gasteiger partial charge on any atom is 0.305 e. The standard InChI is InChI=1S/C14H27NO3/c1-3-5-6-7-8-9-10-13(16)15-12(4-2)11-14(17)18/h12H,3-11H2,1-2H3,(H,15,16)(H,17,18). The Morgan fingerprint density at radius 2 is 1.67 bits per heavy atom. The van der Waals surface area contributed by atoms with Gasteiger partial charge < -0.3 is 10.4 Å². The Bertz CT molecular complexity index is 241. The van der Waals surface area contributed by atoms with Gasteiger partial charge in [0.2, 0.25) is 5.91 Å². The van der Waals surface area contributed by atoms with Crippen molar-refractivity contribution in [1.82, 2.24) is 5.32 Å². The summed E-state index contributed by atoms with van der Waals surface area (Å²) in [5.41, 5.74) is 0. The van der Waals surface area contributed by atoms with Crippen LogP contribution in [0, 0.1) is 0 Å². The number of hydrogen-bond acceptors (Lipinski definition) is 2. The van der Waals surface area contributed by atoms with Crippen LogP contribution in [0.4, 0.5) is 0 Å². The Morgan fingerprint density at radius 1 is 1.06 bits per heavy atom. The molecule has 106 valence electrons. The molecule has 0 aromatic rings. The van der Waals surface area contributed by atoms with Gasteiger partial charge in [0.25, 0.3) is 0 Å². The fraction of sp³-hybridized carbons (Fsp3) is 0.857. The van der Waals surface area contributed by atoms with Crippen molar-refractivity contribution >= 4 is 11.9 Å². The number of carbonyl (C=O) groups is 2. The number of nitrogens with one attached hydrogen (secondary N) is 1. The van der Waals surface area contributed by atoms with Crippen molar-refractivity contribution in [2.75, 3.05) is 0 Å². The second-order valence-electron chi connectivity index (χ2n) is 4.79. The number of hydrogen-bond donors (Lipinski definition) is 2. The highest BCUT2D eigenvalue weighted by Gasteiger charge is 2.13. The van der Waals surface area contributed by atoms with Crippen LogP contribution in [0.1, 0.15) is 71.6 Å². The average molecular weight is 257 g/mol. The zero-order chi connectivity index (χ0) is 13.8. The third-order valence-corrected chi connectivity index (χ3v) is 3.04. The summed E-state index contributed by atoms with van der Waals surface area (Å²) in [6.45, 7) is 4.07. The predicted octanol–water partition coefficient (Wildman–Crippen LogP) is 3.11. The molecule has 0 heterocycles. The average Bonchev–Trinajstić information content (AvgIpc) is 2.32. The molecule has 0 aromatic heterocycles. The van der Waals surface area contributed by atoms with Crippen LogP contribution in [0.2, 0.25) is 0 Å². The molecule has 4 heteroatoms. The third-order valence-electron chi connectivity index (χ3n) is 3.04. The molecular formula is C14H27NO3. The van der Waals surface area contributed by atoms with Crippen LogP contribution < -0.4 is 5.32 Å². The van der Waals surface area contributed by atoms with Crippen LogP contribution in [0.3, 0.4) is 0 Å². The topological polar surface area (TPSA) is 66.4 Å². The zero-order valence-electron chi connectivity index (χ0n) is 11.7. The van der Waals surface area contributed by atoms with Gasteiger partial charge in [-0.25, -0.2) is 0 Å². The highest BCUT2D eigenvalue weighted by molar-refractivity contribution is 5.77. The van der Waals surface area contributed by atoms with Gasteiger partial charge in [-0.1, -0.05) is 46.0 Å². The Morgan fingerprint density at radius 3 is 2.22 bits per heavy atom. The normalized spacial score (nSPS) is 12.1. The van der Waals surface area contributed by atoms with Crippen molar-refractivity contribution in [3.05, 3.63) is 0 Å². The van der Waals surface area contributed by atoms with Gasteiger partial charge in [0, 0.05) is 12.5 Å². The molecule has 0 saturated heterocycles. The molecule has 0 radical (unpaired) electrons. The predicted molar refractivity (Wildman–Crippen MR) is 72.5 cm³/mol. The number of carbonyl (C=O) groups excluding carboxylic acids is 1. The number of rotatable bonds is 11. The molecule has 0 aliphatic carbocycles. The second kappa shape index (κ2) is 11.1. The van der Waals surface area contributed by atoms with Gasteiger partial charge in [0.1, 0.15) is 0 Å². The quantitative estimate of drug-likeness (QED) is 0.559. The lowest BCUT2D eigenvalue weighted by atomic mass is 10.1. The largest absolute Gasteiger partial charge is 0.481 e. The monoisotopic (exact) mass is 257 g/mol.